The summed E-state index contributed by atoms with van der Waals surface area (Å²) in [5.41, 5.74) is 0. The van der Waals surface area contributed by atoms with Gasteiger partial charge in [-0.2, -0.15) is 4.31 Å². The van der Waals surface area contributed by atoms with Crippen LogP contribution < -0.4 is 0 Å². The van der Waals surface area contributed by atoms with Gasteiger partial charge in [0, 0.05) is 7.05 Å². The van der Waals surface area contributed by atoms with E-state index >= 15 is 0 Å². The topological polar surface area (TPSA) is 63.7 Å². The van der Waals surface area contributed by atoms with E-state index in [1.165, 1.54) is 14.2 Å². The fourth-order valence-corrected chi connectivity index (χ4v) is 2.23. The Morgan fingerprint density at radius 1 is 1.35 bits per heavy atom. The summed E-state index contributed by atoms with van der Waals surface area (Å²) in [6.45, 7) is -0.393. The third-order valence-electron chi connectivity index (χ3n) is 2.10. The summed E-state index contributed by atoms with van der Waals surface area (Å²) in [7, 11) is -1.38. The van der Waals surface area contributed by atoms with Crippen molar-refractivity contribution in [2.75, 3.05) is 20.7 Å². The van der Waals surface area contributed by atoms with Crippen LogP contribution in [-0.2, 0) is 19.6 Å². The molecule has 1 rings (SSSR count). The van der Waals surface area contributed by atoms with Crippen LogP contribution in [0, 0.1) is 5.82 Å². The molecule has 0 amide bonds. The molecular formula is C10H12FNO4S. The van der Waals surface area contributed by atoms with Gasteiger partial charge in [-0.3, -0.25) is 4.79 Å². The van der Waals surface area contributed by atoms with E-state index in [9.17, 15) is 17.6 Å². The van der Waals surface area contributed by atoms with Crippen molar-refractivity contribution in [1.82, 2.24) is 4.31 Å². The number of esters is 1. The lowest BCUT2D eigenvalue weighted by molar-refractivity contribution is -0.140. The summed E-state index contributed by atoms with van der Waals surface area (Å²) < 4.78 is 41.6. The number of methoxy groups -OCH3 is 1. The standard InChI is InChI=1S/C10H12FNO4S/c1-12(7-10(13)16-2)17(14,15)9-5-3-8(11)4-6-9/h3-6H,7H2,1-2H3. The summed E-state index contributed by atoms with van der Waals surface area (Å²) in [5.74, 6) is -1.20. The molecule has 0 aromatic heterocycles. The van der Waals surface area contributed by atoms with Crippen LogP contribution in [0.3, 0.4) is 0 Å². The average molecular weight is 261 g/mol. The first-order valence-corrected chi connectivity index (χ1v) is 6.10. The molecule has 0 aliphatic heterocycles. The zero-order chi connectivity index (χ0) is 13.1. The van der Waals surface area contributed by atoms with Crippen LogP contribution in [0.2, 0.25) is 0 Å². The summed E-state index contributed by atoms with van der Waals surface area (Å²) in [6.07, 6.45) is 0. The lowest BCUT2D eigenvalue weighted by atomic mass is 10.4. The lowest BCUT2D eigenvalue weighted by Gasteiger charge is -2.15. The van der Waals surface area contributed by atoms with Crippen LogP contribution in [0.1, 0.15) is 0 Å². The molecule has 0 radical (unpaired) electrons. The number of halogens is 1. The Morgan fingerprint density at radius 3 is 2.35 bits per heavy atom. The van der Waals surface area contributed by atoms with E-state index in [4.69, 9.17) is 0 Å². The fraction of sp³-hybridized carbons (Fsp3) is 0.300. The molecular weight excluding hydrogens is 249 g/mol. The summed E-state index contributed by atoms with van der Waals surface area (Å²) in [6, 6.07) is 4.36. The van der Waals surface area contributed by atoms with E-state index in [1.807, 2.05) is 0 Å². The number of rotatable bonds is 4. The monoisotopic (exact) mass is 261 g/mol. The molecule has 1 aromatic rings. The van der Waals surface area contributed by atoms with Crippen molar-refractivity contribution in [3.8, 4) is 0 Å². The Hall–Kier alpha value is -1.47. The second-order valence-electron chi connectivity index (χ2n) is 3.29. The minimum atomic E-state index is -3.80. The number of ether oxygens (including phenoxy) is 1. The maximum atomic E-state index is 12.7. The number of nitrogens with zero attached hydrogens (tertiary/aromatic N) is 1. The van der Waals surface area contributed by atoms with Crippen LogP contribution in [0.4, 0.5) is 4.39 Å². The minimum Gasteiger partial charge on any atom is -0.468 e. The van der Waals surface area contributed by atoms with Gasteiger partial charge in [0.2, 0.25) is 10.0 Å². The van der Waals surface area contributed by atoms with Crippen molar-refractivity contribution in [1.29, 1.82) is 0 Å². The highest BCUT2D eigenvalue weighted by Gasteiger charge is 2.23. The van der Waals surface area contributed by atoms with Gasteiger partial charge in [0.15, 0.2) is 0 Å². The molecule has 0 aliphatic rings. The quantitative estimate of drug-likeness (QED) is 0.745. The first-order chi connectivity index (χ1) is 7.87. The van der Waals surface area contributed by atoms with Crippen molar-refractivity contribution in [3.63, 3.8) is 0 Å². The van der Waals surface area contributed by atoms with Gasteiger partial charge in [0.25, 0.3) is 0 Å². The van der Waals surface area contributed by atoms with Crippen molar-refractivity contribution in [2.45, 2.75) is 4.90 Å². The number of benzene rings is 1. The molecule has 0 N–H and O–H groups in total. The Morgan fingerprint density at radius 2 is 1.88 bits per heavy atom. The van der Waals surface area contributed by atoms with E-state index in [2.05, 4.69) is 4.74 Å². The van der Waals surface area contributed by atoms with E-state index in [-0.39, 0.29) is 4.90 Å². The van der Waals surface area contributed by atoms with Gasteiger partial charge in [-0.15, -0.1) is 0 Å². The number of likely N-dealkylation sites (N-methyl/N-ethyl adjacent to an activating group) is 1. The highest BCUT2D eigenvalue weighted by molar-refractivity contribution is 7.89. The summed E-state index contributed by atoms with van der Waals surface area (Å²) >= 11 is 0. The molecule has 0 spiro atoms. The zero-order valence-corrected chi connectivity index (χ0v) is 10.2. The zero-order valence-electron chi connectivity index (χ0n) is 9.38. The highest BCUT2D eigenvalue weighted by atomic mass is 32.2. The molecule has 0 heterocycles. The fourth-order valence-electron chi connectivity index (χ4n) is 1.12. The number of sulfonamides is 1. The number of carbonyl (C=O) groups is 1. The van der Waals surface area contributed by atoms with Crippen LogP contribution in [-0.4, -0.2) is 39.4 Å². The molecule has 1 aromatic carbocycles. The molecule has 0 fully saturated rings. The van der Waals surface area contributed by atoms with Crippen molar-refractivity contribution >= 4 is 16.0 Å². The summed E-state index contributed by atoms with van der Waals surface area (Å²) in [4.78, 5) is 10.9. The normalized spacial score (nSPS) is 11.5. The predicted octanol–water partition coefficient (Wildman–Crippen LogP) is 0.619. The second kappa shape index (κ2) is 5.24. The lowest BCUT2D eigenvalue weighted by Crippen LogP contribution is -2.32. The van der Waals surface area contributed by atoms with Gasteiger partial charge in [0.1, 0.15) is 12.4 Å². The van der Waals surface area contributed by atoms with Gasteiger partial charge in [-0.05, 0) is 24.3 Å². The van der Waals surface area contributed by atoms with Gasteiger partial charge < -0.3 is 4.74 Å². The maximum Gasteiger partial charge on any atom is 0.321 e. The largest absolute Gasteiger partial charge is 0.468 e. The summed E-state index contributed by atoms with van der Waals surface area (Å²) in [5, 5.41) is 0. The highest BCUT2D eigenvalue weighted by Crippen LogP contribution is 2.14. The van der Waals surface area contributed by atoms with Gasteiger partial charge in [0.05, 0.1) is 12.0 Å². The molecule has 0 atom stereocenters. The van der Waals surface area contributed by atoms with Crippen molar-refractivity contribution in [2.24, 2.45) is 0 Å². The molecule has 94 valence electrons. The third-order valence-corrected chi connectivity index (χ3v) is 3.92. The molecule has 0 saturated carbocycles. The van der Waals surface area contributed by atoms with Crippen LogP contribution in [0.25, 0.3) is 0 Å². The first-order valence-electron chi connectivity index (χ1n) is 4.66. The smallest absolute Gasteiger partial charge is 0.321 e. The van der Waals surface area contributed by atoms with Crippen molar-refractivity contribution < 1.29 is 22.3 Å². The van der Waals surface area contributed by atoms with E-state index < -0.39 is 28.4 Å². The maximum absolute atomic E-state index is 12.7. The van der Waals surface area contributed by atoms with Crippen LogP contribution in [0.5, 0.6) is 0 Å². The second-order valence-corrected chi connectivity index (χ2v) is 5.34. The van der Waals surface area contributed by atoms with E-state index in [0.29, 0.717) is 0 Å². The third kappa shape index (κ3) is 3.24. The van der Waals surface area contributed by atoms with Gasteiger partial charge in [-0.25, -0.2) is 12.8 Å². The van der Waals surface area contributed by atoms with Crippen LogP contribution in [0.15, 0.2) is 29.2 Å². The SMILES string of the molecule is COC(=O)CN(C)S(=O)(=O)c1ccc(F)cc1. The molecule has 5 nitrogen and oxygen atoms in total. The Labute approximate surface area is 98.9 Å². The van der Waals surface area contributed by atoms with Gasteiger partial charge >= 0.3 is 5.97 Å². The Balaban J connectivity index is 2.95. The molecule has 7 heteroatoms. The van der Waals surface area contributed by atoms with E-state index in [1.54, 1.807) is 0 Å². The molecule has 17 heavy (non-hydrogen) atoms. The molecule has 0 saturated heterocycles. The minimum absolute atomic E-state index is 0.0784. The first kappa shape index (κ1) is 13.6. The van der Waals surface area contributed by atoms with Gasteiger partial charge in [-0.1, -0.05) is 0 Å². The van der Waals surface area contributed by atoms with E-state index in [0.717, 1.165) is 28.6 Å². The number of carbonyl (C=O) groups excluding carboxylic acids is 1. The Kier molecular flexibility index (Phi) is 4.19. The predicted molar refractivity (Wildman–Crippen MR) is 58.2 cm³/mol. The Bertz CT molecular complexity index is 498. The van der Waals surface area contributed by atoms with Crippen LogP contribution >= 0.6 is 0 Å². The average Bonchev–Trinajstić information content (AvgIpc) is 2.29. The number of hydrogen-bond donors (Lipinski definition) is 0. The number of hydrogen-bond acceptors (Lipinski definition) is 4. The molecule has 0 unspecified atom stereocenters. The molecule has 0 aliphatic carbocycles. The van der Waals surface area contributed by atoms with Crippen molar-refractivity contribution in [3.05, 3.63) is 30.1 Å². The molecule has 0 bridgehead atoms.